The number of rotatable bonds is 6. The molecular weight excluding hydrogens is 218 g/mol. The van der Waals surface area contributed by atoms with Crippen LogP contribution < -0.4 is 5.32 Å². The molecule has 0 radical (unpaired) electrons. The highest BCUT2D eigenvalue weighted by atomic mass is 16.4. The average Bonchev–Trinajstić information content (AvgIpc) is 2.29. The largest absolute Gasteiger partial charge is 0.478 e. The molecular formula is C13H17NO3. The van der Waals surface area contributed by atoms with Crippen LogP contribution in [0.3, 0.4) is 0 Å². The summed E-state index contributed by atoms with van der Waals surface area (Å²) in [6.45, 7) is 2.58. The third kappa shape index (κ3) is 5.29. The van der Waals surface area contributed by atoms with Crippen molar-refractivity contribution < 1.29 is 15.0 Å². The molecule has 0 aliphatic heterocycles. The van der Waals surface area contributed by atoms with Crippen LogP contribution >= 0.6 is 0 Å². The minimum absolute atomic E-state index is 0.398. The summed E-state index contributed by atoms with van der Waals surface area (Å²) in [4.78, 5) is 10.4. The van der Waals surface area contributed by atoms with Crippen LogP contribution in [0.15, 0.2) is 42.0 Å². The molecule has 1 unspecified atom stereocenters. The Labute approximate surface area is 101 Å². The van der Waals surface area contributed by atoms with E-state index < -0.39 is 12.1 Å². The van der Waals surface area contributed by atoms with Gasteiger partial charge in [-0.3, -0.25) is 0 Å². The topological polar surface area (TPSA) is 69.6 Å². The summed E-state index contributed by atoms with van der Waals surface area (Å²) in [6.07, 6.45) is 0.580. The van der Waals surface area contributed by atoms with E-state index in [9.17, 15) is 9.90 Å². The summed E-state index contributed by atoms with van der Waals surface area (Å²) in [7, 11) is 0. The van der Waals surface area contributed by atoms with Crippen molar-refractivity contribution in [2.75, 3.05) is 13.1 Å². The summed E-state index contributed by atoms with van der Waals surface area (Å²) >= 11 is 0. The normalized spacial score (nSPS) is 13.4. The number of aliphatic carboxylic acids is 1. The summed E-state index contributed by atoms with van der Waals surface area (Å²) in [5.41, 5.74) is 1.57. The van der Waals surface area contributed by atoms with Crippen molar-refractivity contribution in [2.24, 2.45) is 0 Å². The van der Waals surface area contributed by atoms with Gasteiger partial charge in [-0.15, -0.1) is 0 Å². The average molecular weight is 235 g/mol. The molecule has 0 bridgehead atoms. The zero-order valence-corrected chi connectivity index (χ0v) is 9.76. The maximum Gasteiger partial charge on any atom is 0.328 e. The van der Waals surface area contributed by atoms with Gasteiger partial charge in [-0.1, -0.05) is 35.9 Å². The van der Waals surface area contributed by atoms with Crippen molar-refractivity contribution in [3.05, 3.63) is 47.5 Å². The van der Waals surface area contributed by atoms with Crippen LogP contribution in [0.2, 0.25) is 0 Å². The Kier molecular flexibility index (Phi) is 5.39. The number of carboxylic acid groups (broad SMARTS) is 1. The highest BCUT2D eigenvalue weighted by molar-refractivity contribution is 5.80. The van der Waals surface area contributed by atoms with Crippen LogP contribution in [0.1, 0.15) is 18.6 Å². The zero-order valence-electron chi connectivity index (χ0n) is 9.76. The predicted octanol–water partition coefficient (Wildman–Crippen LogP) is 1.34. The third-order valence-corrected chi connectivity index (χ3v) is 2.30. The van der Waals surface area contributed by atoms with Crippen LogP contribution in [-0.2, 0) is 4.79 Å². The van der Waals surface area contributed by atoms with Gasteiger partial charge >= 0.3 is 5.97 Å². The predicted molar refractivity (Wildman–Crippen MR) is 65.7 cm³/mol. The number of nitrogens with one attached hydrogen (secondary N) is 1. The van der Waals surface area contributed by atoms with Crippen molar-refractivity contribution in [3.63, 3.8) is 0 Å². The van der Waals surface area contributed by atoms with Gasteiger partial charge < -0.3 is 15.5 Å². The standard InChI is InChI=1S/C13H17NO3/c1-10(7-13(16)17)8-14-9-12(15)11-5-3-2-4-6-11/h2-7,12,14-15H,8-9H2,1H3,(H,16,17)/b10-7-. The fraction of sp³-hybridized carbons (Fsp3) is 0.308. The second-order valence-electron chi connectivity index (χ2n) is 3.89. The van der Waals surface area contributed by atoms with Crippen LogP contribution in [0.4, 0.5) is 0 Å². The number of aliphatic hydroxyl groups excluding tert-OH is 1. The molecule has 0 amide bonds. The molecule has 0 saturated carbocycles. The van der Waals surface area contributed by atoms with Crippen molar-refractivity contribution in [1.29, 1.82) is 0 Å². The van der Waals surface area contributed by atoms with E-state index in [1.165, 1.54) is 0 Å². The van der Waals surface area contributed by atoms with Crippen LogP contribution in [0, 0.1) is 0 Å². The fourth-order valence-electron chi connectivity index (χ4n) is 1.46. The van der Waals surface area contributed by atoms with E-state index in [0.717, 1.165) is 17.2 Å². The summed E-state index contributed by atoms with van der Waals surface area (Å²) in [5.74, 6) is -0.951. The smallest absolute Gasteiger partial charge is 0.328 e. The lowest BCUT2D eigenvalue weighted by molar-refractivity contribution is -0.131. The Morgan fingerprint density at radius 1 is 1.41 bits per heavy atom. The van der Waals surface area contributed by atoms with Gasteiger partial charge in [0.05, 0.1) is 6.10 Å². The van der Waals surface area contributed by atoms with Gasteiger partial charge in [-0.2, -0.15) is 0 Å². The van der Waals surface area contributed by atoms with Gasteiger partial charge in [0.2, 0.25) is 0 Å². The lowest BCUT2D eigenvalue weighted by Gasteiger charge is -2.12. The van der Waals surface area contributed by atoms with E-state index in [-0.39, 0.29) is 0 Å². The maximum atomic E-state index is 10.4. The number of benzene rings is 1. The van der Waals surface area contributed by atoms with E-state index in [2.05, 4.69) is 5.32 Å². The number of carbonyl (C=O) groups is 1. The SMILES string of the molecule is C/C(=C/C(=O)O)CNCC(O)c1ccccc1. The van der Waals surface area contributed by atoms with Crippen molar-refractivity contribution >= 4 is 5.97 Å². The van der Waals surface area contributed by atoms with Crippen molar-refractivity contribution in [3.8, 4) is 0 Å². The van der Waals surface area contributed by atoms with E-state index in [1.54, 1.807) is 6.92 Å². The Balaban J connectivity index is 2.35. The first kappa shape index (κ1) is 13.4. The first-order chi connectivity index (χ1) is 8.09. The Bertz CT molecular complexity index is 387. The molecule has 3 N–H and O–H groups in total. The maximum absolute atomic E-state index is 10.4. The van der Waals surface area contributed by atoms with E-state index in [0.29, 0.717) is 13.1 Å². The molecule has 1 rings (SSSR count). The Morgan fingerprint density at radius 3 is 2.65 bits per heavy atom. The monoisotopic (exact) mass is 235 g/mol. The quantitative estimate of drug-likeness (QED) is 0.651. The first-order valence-corrected chi connectivity index (χ1v) is 5.43. The Morgan fingerprint density at radius 2 is 2.06 bits per heavy atom. The molecule has 0 spiro atoms. The lowest BCUT2D eigenvalue weighted by atomic mass is 10.1. The highest BCUT2D eigenvalue weighted by Crippen LogP contribution is 2.10. The van der Waals surface area contributed by atoms with E-state index in [1.807, 2.05) is 30.3 Å². The molecule has 0 heterocycles. The first-order valence-electron chi connectivity index (χ1n) is 5.43. The van der Waals surface area contributed by atoms with Gasteiger partial charge in [0.15, 0.2) is 0 Å². The number of hydrogen-bond acceptors (Lipinski definition) is 3. The third-order valence-electron chi connectivity index (χ3n) is 2.30. The molecule has 4 nitrogen and oxygen atoms in total. The number of carboxylic acids is 1. The minimum Gasteiger partial charge on any atom is -0.478 e. The molecule has 0 aliphatic carbocycles. The van der Waals surface area contributed by atoms with Gasteiger partial charge in [0.1, 0.15) is 0 Å². The molecule has 0 aliphatic rings. The summed E-state index contributed by atoms with van der Waals surface area (Å²) < 4.78 is 0. The van der Waals surface area contributed by atoms with Gasteiger partial charge in [0, 0.05) is 19.2 Å². The second kappa shape index (κ2) is 6.83. The minimum atomic E-state index is -0.951. The molecule has 0 aromatic heterocycles. The molecule has 17 heavy (non-hydrogen) atoms. The molecule has 1 aromatic carbocycles. The van der Waals surface area contributed by atoms with Crippen molar-refractivity contribution in [1.82, 2.24) is 5.32 Å². The van der Waals surface area contributed by atoms with E-state index in [4.69, 9.17) is 5.11 Å². The second-order valence-corrected chi connectivity index (χ2v) is 3.89. The molecule has 92 valence electrons. The number of hydrogen-bond donors (Lipinski definition) is 3. The lowest BCUT2D eigenvalue weighted by Crippen LogP contribution is -2.23. The Hall–Kier alpha value is -1.65. The highest BCUT2D eigenvalue weighted by Gasteiger charge is 2.05. The summed E-state index contributed by atoms with van der Waals surface area (Å²) in [5, 5.41) is 21.3. The van der Waals surface area contributed by atoms with Gasteiger partial charge in [-0.25, -0.2) is 4.79 Å². The van der Waals surface area contributed by atoms with E-state index >= 15 is 0 Å². The molecule has 1 aromatic rings. The molecule has 0 fully saturated rings. The van der Waals surface area contributed by atoms with Gasteiger partial charge in [-0.05, 0) is 12.5 Å². The van der Waals surface area contributed by atoms with Crippen molar-refractivity contribution in [2.45, 2.75) is 13.0 Å². The fourth-order valence-corrected chi connectivity index (χ4v) is 1.46. The van der Waals surface area contributed by atoms with Crippen LogP contribution in [0.5, 0.6) is 0 Å². The van der Waals surface area contributed by atoms with Gasteiger partial charge in [0.25, 0.3) is 0 Å². The molecule has 1 atom stereocenters. The zero-order chi connectivity index (χ0) is 12.7. The number of aliphatic hydroxyl groups is 1. The van der Waals surface area contributed by atoms with Crippen LogP contribution in [-0.4, -0.2) is 29.3 Å². The molecule has 0 saturated heterocycles. The molecule has 4 heteroatoms. The van der Waals surface area contributed by atoms with Crippen LogP contribution in [0.25, 0.3) is 0 Å². The summed E-state index contributed by atoms with van der Waals surface area (Å²) in [6, 6.07) is 9.34.